The van der Waals surface area contributed by atoms with Crippen molar-refractivity contribution in [2.24, 2.45) is 0 Å². The maximum absolute atomic E-state index is 13.4. The van der Waals surface area contributed by atoms with E-state index in [1.165, 1.54) is 16.2 Å². The number of thiazole rings is 1. The summed E-state index contributed by atoms with van der Waals surface area (Å²) < 4.78 is 11.9. The lowest BCUT2D eigenvalue weighted by atomic mass is 9.95. The first-order chi connectivity index (χ1) is 17.4. The summed E-state index contributed by atoms with van der Waals surface area (Å²) in [7, 11) is 1.58. The van der Waals surface area contributed by atoms with Crippen molar-refractivity contribution in [1.82, 2.24) is 9.97 Å². The van der Waals surface area contributed by atoms with Crippen LogP contribution in [0, 0.1) is 0 Å². The third-order valence-corrected chi connectivity index (χ3v) is 7.42. The number of fused-ring (bicyclic) bond motifs is 2. The zero-order valence-corrected chi connectivity index (χ0v) is 20.3. The molecule has 1 fully saturated rings. The molecule has 8 nitrogen and oxygen atoms in total. The lowest BCUT2D eigenvalue weighted by molar-refractivity contribution is -0.132. The second-order valence-electron chi connectivity index (χ2n) is 8.74. The van der Waals surface area contributed by atoms with Gasteiger partial charge in [0.25, 0.3) is 5.78 Å². The molecule has 6 rings (SSSR count). The lowest BCUT2D eigenvalue weighted by Gasteiger charge is -2.22. The van der Waals surface area contributed by atoms with Gasteiger partial charge in [0.1, 0.15) is 23.4 Å². The molecule has 0 aliphatic carbocycles. The molecule has 0 saturated carbocycles. The third kappa shape index (κ3) is 3.51. The maximum Gasteiger partial charge on any atom is 0.301 e. The molecule has 0 unspecified atom stereocenters. The summed E-state index contributed by atoms with van der Waals surface area (Å²) in [6.07, 6.45) is 3.94. The fraction of sp³-hybridized carbons (Fsp3) is 0.185. The predicted molar refractivity (Wildman–Crippen MR) is 135 cm³/mol. The van der Waals surface area contributed by atoms with Crippen LogP contribution in [0.5, 0.6) is 11.5 Å². The molecule has 0 bridgehead atoms. The SMILES string of the molecule is COc1ccc2nc(N3C(=O)C(=O)C(=C(O)c4ccc5c(c4)C[C@@H](C)O5)[C@@H]3c3cccnc3)sc2c1. The van der Waals surface area contributed by atoms with Gasteiger partial charge >= 0.3 is 5.91 Å². The van der Waals surface area contributed by atoms with Crippen LogP contribution >= 0.6 is 11.3 Å². The van der Waals surface area contributed by atoms with E-state index in [0.29, 0.717) is 33.9 Å². The Morgan fingerprint density at radius 1 is 1.19 bits per heavy atom. The second kappa shape index (κ2) is 8.46. The van der Waals surface area contributed by atoms with Gasteiger partial charge in [-0.1, -0.05) is 17.4 Å². The number of rotatable bonds is 4. The van der Waals surface area contributed by atoms with Crippen LogP contribution < -0.4 is 14.4 Å². The topological polar surface area (TPSA) is 102 Å². The summed E-state index contributed by atoms with van der Waals surface area (Å²) in [6, 6.07) is 13.3. The van der Waals surface area contributed by atoms with E-state index in [-0.39, 0.29) is 17.4 Å². The highest BCUT2D eigenvalue weighted by Gasteiger charge is 2.48. The Labute approximate surface area is 210 Å². The lowest BCUT2D eigenvalue weighted by Crippen LogP contribution is -2.29. The monoisotopic (exact) mass is 499 g/mol. The van der Waals surface area contributed by atoms with E-state index in [4.69, 9.17) is 9.47 Å². The molecule has 1 N–H and O–H groups in total. The van der Waals surface area contributed by atoms with Crippen molar-refractivity contribution in [2.75, 3.05) is 12.0 Å². The molecular weight excluding hydrogens is 478 g/mol. The Hall–Kier alpha value is -4.24. The number of pyridine rings is 1. The molecule has 0 spiro atoms. The minimum atomic E-state index is -0.885. The van der Waals surface area contributed by atoms with Crippen LogP contribution in [0.2, 0.25) is 0 Å². The molecule has 2 aromatic heterocycles. The molecule has 4 heterocycles. The van der Waals surface area contributed by atoms with Gasteiger partial charge in [-0.25, -0.2) is 4.98 Å². The summed E-state index contributed by atoms with van der Waals surface area (Å²) >= 11 is 1.27. The van der Waals surface area contributed by atoms with E-state index in [0.717, 1.165) is 16.0 Å². The number of ether oxygens (including phenoxy) is 2. The number of nitrogens with zero attached hydrogens (tertiary/aromatic N) is 3. The van der Waals surface area contributed by atoms with Crippen LogP contribution in [-0.2, 0) is 16.0 Å². The molecular formula is C27H21N3O5S. The molecule has 2 aliphatic rings. The first kappa shape index (κ1) is 22.2. The number of aliphatic hydroxyl groups excluding tert-OH is 1. The highest BCUT2D eigenvalue weighted by atomic mass is 32.1. The molecule has 0 radical (unpaired) electrons. The smallest absolute Gasteiger partial charge is 0.301 e. The van der Waals surface area contributed by atoms with Crippen LogP contribution in [0.1, 0.15) is 29.7 Å². The molecule has 9 heteroatoms. The summed E-state index contributed by atoms with van der Waals surface area (Å²) in [4.78, 5) is 37.0. The standard InChI is InChI=1S/C27H21N3O5S/c1-14-10-17-11-15(5-8-20(17)35-14)24(31)22-23(16-4-3-9-28-13-16)30(26(33)25(22)32)27-29-19-7-6-18(34-2)12-21(19)36-27/h3-9,11-14,23,31H,10H2,1-2H3/t14-,23+/m1/s1. The Balaban J connectivity index is 1.52. The molecule has 2 atom stereocenters. The third-order valence-electron chi connectivity index (χ3n) is 6.40. The number of carbonyl (C=O) groups excluding carboxylic acids is 2. The van der Waals surface area contributed by atoms with Crippen molar-refractivity contribution in [2.45, 2.75) is 25.5 Å². The van der Waals surface area contributed by atoms with Gasteiger partial charge in [0.15, 0.2) is 5.13 Å². The summed E-state index contributed by atoms with van der Waals surface area (Å²) in [5.74, 6) is -0.348. The van der Waals surface area contributed by atoms with Crippen molar-refractivity contribution >= 4 is 44.1 Å². The second-order valence-corrected chi connectivity index (χ2v) is 9.75. The van der Waals surface area contributed by atoms with Crippen LogP contribution in [0.3, 0.4) is 0 Å². The molecule has 2 aromatic carbocycles. The van der Waals surface area contributed by atoms with Crippen molar-refractivity contribution in [3.63, 3.8) is 0 Å². The van der Waals surface area contributed by atoms with E-state index in [1.54, 1.807) is 55.9 Å². The summed E-state index contributed by atoms with van der Waals surface area (Å²) in [6.45, 7) is 1.97. The van der Waals surface area contributed by atoms with Crippen molar-refractivity contribution in [3.05, 3.63) is 83.2 Å². The number of aliphatic hydroxyl groups is 1. The van der Waals surface area contributed by atoms with Crippen molar-refractivity contribution in [1.29, 1.82) is 0 Å². The quantitative estimate of drug-likeness (QED) is 0.248. The highest BCUT2D eigenvalue weighted by molar-refractivity contribution is 7.22. The Bertz CT molecular complexity index is 1560. The van der Waals surface area contributed by atoms with Gasteiger partial charge in [0.05, 0.1) is 28.9 Å². The molecule has 4 aromatic rings. The zero-order valence-electron chi connectivity index (χ0n) is 19.5. The van der Waals surface area contributed by atoms with Crippen molar-refractivity contribution in [3.8, 4) is 11.5 Å². The fourth-order valence-corrected chi connectivity index (χ4v) is 5.75. The van der Waals surface area contributed by atoms with Crippen LogP contribution in [-0.4, -0.2) is 40.0 Å². The number of methoxy groups -OCH3 is 1. The summed E-state index contributed by atoms with van der Waals surface area (Å²) in [5.41, 5.74) is 2.66. The molecule has 2 aliphatic heterocycles. The average Bonchev–Trinajstić information content (AvgIpc) is 3.55. The number of carbonyl (C=O) groups is 2. The number of hydrogen-bond acceptors (Lipinski definition) is 8. The number of amides is 1. The van der Waals surface area contributed by atoms with E-state index < -0.39 is 17.7 Å². The molecule has 36 heavy (non-hydrogen) atoms. The van der Waals surface area contributed by atoms with Crippen LogP contribution in [0.15, 0.2) is 66.5 Å². The van der Waals surface area contributed by atoms with Gasteiger partial charge in [-0.2, -0.15) is 0 Å². The van der Waals surface area contributed by atoms with Crippen LogP contribution in [0.4, 0.5) is 5.13 Å². The average molecular weight is 500 g/mol. The van der Waals surface area contributed by atoms with Gasteiger partial charge < -0.3 is 14.6 Å². The molecule has 180 valence electrons. The van der Waals surface area contributed by atoms with Crippen molar-refractivity contribution < 1.29 is 24.2 Å². The fourth-order valence-electron chi connectivity index (χ4n) is 4.73. The van der Waals surface area contributed by atoms with E-state index in [1.807, 2.05) is 19.1 Å². The molecule has 1 saturated heterocycles. The number of Topliss-reactive ketones (excluding diaryl/α,β-unsaturated/α-hetero) is 1. The summed E-state index contributed by atoms with van der Waals surface area (Å²) in [5, 5.41) is 11.7. The molecule has 1 amide bonds. The van der Waals surface area contributed by atoms with Gasteiger partial charge in [0.2, 0.25) is 0 Å². The number of ketones is 1. The first-order valence-corrected chi connectivity index (χ1v) is 12.2. The van der Waals surface area contributed by atoms with Crippen LogP contribution in [0.25, 0.3) is 16.0 Å². The number of anilines is 1. The maximum atomic E-state index is 13.4. The minimum absolute atomic E-state index is 0.00301. The first-order valence-electron chi connectivity index (χ1n) is 11.4. The number of hydrogen-bond donors (Lipinski definition) is 1. The zero-order chi connectivity index (χ0) is 25.0. The van der Waals surface area contributed by atoms with Gasteiger partial charge in [0, 0.05) is 24.4 Å². The minimum Gasteiger partial charge on any atom is -0.507 e. The van der Waals surface area contributed by atoms with Gasteiger partial charge in [-0.05, 0) is 60.5 Å². The van der Waals surface area contributed by atoms with Gasteiger partial charge in [-0.3, -0.25) is 19.5 Å². The van der Waals surface area contributed by atoms with E-state index in [2.05, 4.69) is 9.97 Å². The Morgan fingerprint density at radius 3 is 2.83 bits per heavy atom. The predicted octanol–water partition coefficient (Wildman–Crippen LogP) is 4.65. The largest absolute Gasteiger partial charge is 0.507 e. The Morgan fingerprint density at radius 2 is 2.06 bits per heavy atom. The number of aromatic nitrogens is 2. The van der Waals surface area contributed by atoms with E-state index in [9.17, 15) is 14.7 Å². The normalized spacial score (nSPS) is 20.6. The highest BCUT2D eigenvalue weighted by Crippen LogP contribution is 2.45. The Kier molecular flexibility index (Phi) is 5.22. The van der Waals surface area contributed by atoms with Gasteiger partial charge in [-0.15, -0.1) is 0 Å². The van der Waals surface area contributed by atoms with E-state index >= 15 is 0 Å². The number of benzene rings is 2.